The predicted molar refractivity (Wildman–Crippen MR) is 165 cm³/mol. The molecule has 2 amide bonds. The van der Waals surface area contributed by atoms with E-state index in [1.165, 1.54) is 12.8 Å². The standard InChI is InChI=1S/C35H44F3N3O5/c1-33(2)16-26-17-34(3,20-33)21-40(26)18-27-15-29(23-8-6-22(19-42)7-9-23)46-31(45-27)24-10-12-25(13-11-24)39-30(43)28-5-4-14-41(28)32(44)35(36,37)38/h6-13,26-29,31,42H,4-5,14-21H2,1-3H3,(H,39,43). The fraction of sp³-hybridized carbons (Fsp3) is 0.600. The maximum Gasteiger partial charge on any atom is 0.471 e. The van der Waals surface area contributed by atoms with E-state index in [2.05, 4.69) is 31.0 Å². The van der Waals surface area contributed by atoms with Crippen LogP contribution in [0.1, 0.15) is 88.4 Å². The SMILES string of the molecule is CC1(C)CC2CC(C)(CN2CC2CC(c3ccc(CO)cc3)OC(c3ccc(NC(=O)C4CCCN4C(=O)C(F)(F)F)cc3)O2)C1. The summed E-state index contributed by atoms with van der Waals surface area (Å²) in [6.07, 6.45) is -1.26. The van der Waals surface area contributed by atoms with Crippen molar-refractivity contribution in [2.75, 3.05) is 25.0 Å². The van der Waals surface area contributed by atoms with E-state index in [9.17, 15) is 27.9 Å². The zero-order chi connectivity index (χ0) is 32.9. The molecule has 8 nitrogen and oxygen atoms in total. The molecule has 2 N–H and O–H groups in total. The fourth-order valence-electron chi connectivity index (χ4n) is 8.48. The lowest BCUT2D eigenvalue weighted by molar-refractivity contribution is -0.253. The third kappa shape index (κ3) is 7.12. The molecule has 1 aliphatic carbocycles. The average Bonchev–Trinajstić information content (AvgIpc) is 3.58. The number of fused-ring (bicyclic) bond motifs is 2. The molecule has 2 aromatic rings. The van der Waals surface area contributed by atoms with Crippen molar-refractivity contribution < 1.29 is 37.3 Å². The lowest BCUT2D eigenvalue weighted by atomic mass is 9.65. The van der Waals surface area contributed by atoms with Crippen LogP contribution >= 0.6 is 0 Å². The van der Waals surface area contributed by atoms with Crippen molar-refractivity contribution in [1.82, 2.24) is 9.80 Å². The lowest BCUT2D eigenvalue weighted by Gasteiger charge is -2.41. The molecule has 0 radical (unpaired) electrons. The quantitative estimate of drug-likeness (QED) is 0.378. The Morgan fingerprint density at radius 2 is 1.70 bits per heavy atom. The number of hydrogen-bond donors (Lipinski definition) is 2. The van der Waals surface area contributed by atoms with Gasteiger partial charge in [0.2, 0.25) is 5.91 Å². The van der Waals surface area contributed by atoms with Crippen molar-refractivity contribution in [2.45, 2.75) is 103 Å². The number of anilines is 1. The van der Waals surface area contributed by atoms with Gasteiger partial charge in [0, 0.05) is 43.3 Å². The van der Waals surface area contributed by atoms with E-state index in [0.717, 1.165) is 36.2 Å². The third-order valence-corrected chi connectivity index (χ3v) is 10.1. The number of likely N-dealkylation sites (tertiary alicyclic amines) is 2. The van der Waals surface area contributed by atoms with Gasteiger partial charge < -0.3 is 24.8 Å². The van der Waals surface area contributed by atoms with Crippen molar-refractivity contribution in [1.29, 1.82) is 0 Å². The molecule has 46 heavy (non-hydrogen) atoms. The lowest BCUT2D eigenvalue weighted by Crippen LogP contribution is -2.48. The number of carbonyl (C=O) groups excluding carboxylic acids is 2. The summed E-state index contributed by atoms with van der Waals surface area (Å²) in [5.74, 6) is -2.63. The van der Waals surface area contributed by atoms with E-state index in [-0.39, 0.29) is 31.8 Å². The van der Waals surface area contributed by atoms with Crippen LogP contribution in [0.4, 0.5) is 18.9 Å². The Kier molecular flexibility index (Phi) is 8.99. The van der Waals surface area contributed by atoms with Gasteiger partial charge in [-0.15, -0.1) is 0 Å². The van der Waals surface area contributed by atoms with E-state index in [1.54, 1.807) is 24.3 Å². The molecule has 3 heterocycles. The Morgan fingerprint density at radius 3 is 2.37 bits per heavy atom. The number of ether oxygens (including phenoxy) is 2. The van der Waals surface area contributed by atoms with Gasteiger partial charge in [-0.05, 0) is 66.2 Å². The topological polar surface area (TPSA) is 91.3 Å². The molecule has 1 saturated carbocycles. The van der Waals surface area contributed by atoms with Gasteiger partial charge in [-0.2, -0.15) is 13.2 Å². The van der Waals surface area contributed by atoms with Crippen LogP contribution in [0.15, 0.2) is 48.5 Å². The van der Waals surface area contributed by atoms with Crippen molar-refractivity contribution in [3.63, 3.8) is 0 Å². The number of rotatable bonds is 7. The van der Waals surface area contributed by atoms with Crippen molar-refractivity contribution in [3.8, 4) is 0 Å². The molecule has 2 aromatic carbocycles. The molecule has 0 spiro atoms. The van der Waals surface area contributed by atoms with E-state index >= 15 is 0 Å². The summed E-state index contributed by atoms with van der Waals surface area (Å²) in [6, 6.07) is 14.0. The van der Waals surface area contributed by atoms with Gasteiger partial charge in [0.25, 0.3) is 0 Å². The number of nitrogens with one attached hydrogen (secondary N) is 1. The minimum Gasteiger partial charge on any atom is -0.392 e. The first-order chi connectivity index (χ1) is 21.7. The number of amides is 2. The van der Waals surface area contributed by atoms with Crippen LogP contribution in [0.3, 0.4) is 0 Å². The van der Waals surface area contributed by atoms with Gasteiger partial charge in [0.05, 0.1) is 18.8 Å². The van der Waals surface area contributed by atoms with Crippen molar-refractivity contribution in [2.24, 2.45) is 10.8 Å². The normalized spacial score (nSPS) is 31.2. The van der Waals surface area contributed by atoms with Gasteiger partial charge in [0.15, 0.2) is 6.29 Å². The van der Waals surface area contributed by atoms with Crippen LogP contribution < -0.4 is 5.32 Å². The molecule has 2 bridgehead atoms. The van der Waals surface area contributed by atoms with Gasteiger partial charge in [0.1, 0.15) is 6.04 Å². The van der Waals surface area contributed by atoms with Gasteiger partial charge in [-0.25, -0.2) is 0 Å². The van der Waals surface area contributed by atoms with E-state index in [1.807, 2.05) is 24.3 Å². The van der Waals surface area contributed by atoms with Crippen LogP contribution in [-0.2, 0) is 25.7 Å². The van der Waals surface area contributed by atoms with Crippen LogP contribution in [-0.4, -0.2) is 70.7 Å². The summed E-state index contributed by atoms with van der Waals surface area (Å²) < 4.78 is 52.2. The zero-order valence-electron chi connectivity index (χ0n) is 26.7. The highest BCUT2D eigenvalue weighted by molar-refractivity contribution is 5.98. The first-order valence-electron chi connectivity index (χ1n) is 16.3. The molecule has 6 rings (SSSR count). The number of aliphatic hydroxyl groups excluding tert-OH is 1. The second kappa shape index (κ2) is 12.6. The number of alkyl halides is 3. The summed E-state index contributed by atoms with van der Waals surface area (Å²) in [5, 5.41) is 12.2. The summed E-state index contributed by atoms with van der Waals surface area (Å²) in [7, 11) is 0. The first-order valence-corrected chi connectivity index (χ1v) is 16.3. The van der Waals surface area contributed by atoms with E-state index in [0.29, 0.717) is 40.3 Å². The Morgan fingerprint density at radius 1 is 1.00 bits per heavy atom. The van der Waals surface area contributed by atoms with Crippen molar-refractivity contribution in [3.05, 3.63) is 65.2 Å². The minimum absolute atomic E-state index is 0.0358. The van der Waals surface area contributed by atoms with Crippen LogP contribution in [0.25, 0.3) is 0 Å². The second-order valence-corrected chi connectivity index (χ2v) is 14.8. The van der Waals surface area contributed by atoms with E-state index < -0.39 is 30.3 Å². The molecule has 4 fully saturated rings. The smallest absolute Gasteiger partial charge is 0.392 e. The van der Waals surface area contributed by atoms with Gasteiger partial charge >= 0.3 is 12.1 Å². The molecule has 6 atom stereocenters. The number of halogens is 3. The number of nitrogens with zero attached hydrogens (tertiary/aromatic N) is 2. The predicted octanol–water partition coefficient (Wildman–Crippen LogP) is 6.12. The maximum atomic E-state index is 13.0. The largest absolute Gasteiger partial charge is 0.471 e. The van der Waals surface area contributed by atoms with Crippen LogP contribution in [0, 0.1) is 10.8 Å². The molecule has 4 aliphatic rings. The molecule has 250 valence electrons. The molecular formula is C35H44F3N3O5. The highest BCUT2D eigenvalue weighted by atomic mass is 19.4. The first kappa shape index (κ1) is 32.9. The zero-order valence-corrected chi connectivity index (χ0v) is 26.7. The molecule has 6 unspecified atom stereocenters. The monoisotopic (exact) mass is 643 g/mol. The summed E-state index contributed by atoms with van der Waals surface area (Å²) in [6.45, 7) is 8.84. The Labute approximate surface area is 268 Å². The summed E-state index contributed by atoms with van der Waals surface area (Å²) in [4.78, 5) is 27.9. The number of carbonyl (C=O) groups is 2. The Hall–Kier alpha value is -2.99. The minimum atomic E-state index is -5.02. The third-order valence-electron chi connectivity index (χ3n) is 10.1. The summed E-state index contributed by atoms with van der Waals surface area (Å²) >= 11 is 0. The Bertz CT molecular complexity index is 1420. The van der Waals surface area contributed by atoms with Gasteiger partial charge in [-0.3, -0.25) is 14.5 Å². The highest BCUT2D eigenvalue weighted by Crippen LogP contribution is 2.53. The van der Waals surface area contributed by atoms with Gasteiger partial charge in [-0.1, -0.05) is 57.2 Å². The highest BCUT2D eigenvalue weighted by Gasteiger charge is 2.50. The van der Waals surface area contributed by atoms with E-state index in [4.69, 9.17) is 9.47 Å². The number of benzene rings is 2. The average molecular weight is 644 g/mol. The second-order valence-electron chi connectivity index (χ2n) is 14.8. The van der Waals surface area contributed by atoms with Crippen LogP contribution in [0.5, 0.6) is 0 Å². The Balaban J connectivity index is 1.16. The maximum absolute atomic E-state index is 13.0. The fourth-order valence-corrected chi connectivity index (χ4v) is 8.48. The molecule has 3 saturated heterocycles. The molecule has 3 aliphatic heterocycles. The molecular weight excluding hydrogens is 599 g/mol. The molecule has 11 heteroatoms. The molecule has 0 aromatic heterocycles. The van der Waals surface area contributed by atoms with Crippen molar-refractivity contribution >= 4 is 17.5 Å². The number of aliphatic hydroxyl groups is 1. The van der Waals surface area contributed by atoms with Crippen LogP contribution in [0.2, 0.25) is 0 Å². The summed E-state index contributed by atoms with van der Waals surface area (Å²) in [5.41, 5.74) is 3.59. The number of hydrogen-bond acceptors (Lipinski definition) is 6.